The monoisotopic (exact) mass is 450 g/mol. The number of rotatable bonds is 5. The van der Waals surface area contributed by atoms with Crippen molar-refractivity contribution in [3.8, 4) is 5.75 Å². The third-order valence-corrected chi connectivity index (χ3v) is 8.47. The van der Waals surface area contributed by atoms with Gasteiger partial charge in [0.25, 0.3) is 5.69 Å². The highest BCUT2D eigenvalue weighted by atomic mass is 16.6. The summed E-state index contributed by atoms with van der Waals surface area (Å²) in [4.78, 5) is 15.7. The third-order valence-electron chi connectivity index (χ3n) is 8.47. The predicted molar refractivity (Wildman–Crippen MR) is 124 cm³/mol. The summed E-state index contributed by atoms with van der Waals surface area (Å²) in [5, 5.41) is 35.9. The number of fused-ring (bicyclic) bond motifs is 5. The lowest BCUT2D eigenvalue weighted by atomic mass is 9.55. The summed E-state index contributed by atoms with van der Waals surface area (Å²) in [5.41, 5.74) is 4.03. The normalized spacial score (nSPS) is 30.5. The molecule has 0 heterocycles. The number of non-ortho nitro benzene ring substituents is 1. The highest BCUT2D eigenvalue weighted by Crippen LogP contribution is 2.61. The van der Waals surface area contributed by atoms with Crippen LogP contribution in [0.15, 0.2) is 41.6 Å². The number of hydrogen-bond acceptors (Lipinski definition) is 6. The molecular weight excluding hydrogens is 420 g/mol. The van der Waals surface area contributed by atoms with Gasteiger partial charge in [-0.3, -0.25) is 10.1 Å². The van der Waals surface area contributed by atoms with Gasteiger partial charge in [-0.2, -0.15) is 0 Å². The Kier molecular flexibility index (Phi) is 5.60. The molecule has 2 fully saturated rings. The van der Waals surface area contributed by atoms with E-state index in [1.807, 2.05) is 6.07 Å². The zero-order valence-electron chi connectivity index (χ0n) is 18.8. The minimum absolute atomic E-state index is 0.0367. The van der Waals surface area contributed by atoms with Crippen LogP contribution in [0.1, 0.15) is 67.2 Å². The zero-order valence-corrected chi connectivity index (χ0v) is 18.8. The van der Waals surface area contributed by atoms with Crippen molar-refractivity contribution in [2.45, 2.75) is 64.1 Å². The van der Waals surface area contributed by atoms with Gasteiger partial charge in [-0.25, -0.2) is 0 Å². The number of aromatic hydroxyl groups is 1. The Hall–Kier alpha value is -2.93. The molecule has 3 aliphatic carbocycles. The van der Waals surface area contributed by atoms with Gasteiger partial charge in [-0.05, 0) is 103 Å². The van der Waals surface area contributed by atoms with Crippen molar-refractivity contribution >= 4 is 11.9 Å². The SMILES string of the molecule is C[C@]12CC[C@@H]3c4cc(/C=N/OCc5ccc([N+](=O)[O-])cc5)c(O)cc4CC[C@H]3[C@@H]1CC[C@@H]2O. The van der Waals surface area contributed by atoms with Crippen LogP contribution in [-0.4, -0.2) is 27.5 Å². The predicted octanol–water partition coefficient (Wildman–Crippen LogP) is 5.07. The van der Waals surface area contributed by atoms with E-state index < -0.39 is 4.92 Å². The molecule has 2 N–H and O–H groups in total. The van der Waals surface area contributed by atoms with Gasteiger partial charge < -0.3 is 15.1 Å². The summed E-state index contributed by atoms with van der Waals surface area (Å²) < 4.78 is 0. The van der Waals surface area contributed by atoms with E-state index in [4.69, 9.17) is 4.84 Å². The minimum atomic E-state index is -0.437. The number of phenols is 1. The van der Waals surface area contributed by atoms with E-state index in [1.165, 1.54) is 29.5 Å². The lowest BCUT2D eigenvalue weighted by Crippen LogP contribution is -2.43. The Balaban J connectivity index is 1.30. The second kappa shape index (κ2) is 8.45. The Bertz CT molecular complexity index is 1080. The molecule has 33 heavy (non-hydrogen) atoms. The molecule has 0 spiro atoms. The van der Waals surface area contributed by atoms with E-state index in [1.54, 1.807) is 12.1 Å². The van der Waals surface area contributed by atoms with Crippen LogP contribution in [0.5, 0.6) is 5.75 Å². The molecule has 2 aromatic carbocycles. The first kappa shape index (κ1) is 21.9. The number of aliphatic hydroxyl groups excluding tert-OH is 1. The fraction of sp³-hybridized carbons (Fsp3) is 0.500. The lowest BCUT2D eigenvalue weighted by molar-refractivity contribution is -0.384. The summed E-state index contributed by atoms with van der Waals surface area (Å²) in [7, 11) is 0. The quantitative estimate of drug-likeness (QED) is 0.376. The molecule has 0 bridgehead atoms. The minimum Gasteiger partial charge on any atom is -0.507 e. The van der Waals surface area contributed by atoms with Gasteiger partial charge >= 0.3 is 0 Å². The molecular formula is C26H30N2O5. The van der Waals surface area contributed by atoms with Crippen molar-refractivity contribution in [2.75, 3.05) is 0 Å². The average molecular weight is 451 g/mol. The number of nitrogens with zero attached hydrogens (tertiary/aromatic N) is 2. The largest absolute Gasteiger partial charge is 0.507 e. The van der Waals surface area contributed by atoms with E-state index >= 15 is 0 Å². The average Bonchev–Trinajstić information content (AvgIpc) is 3.11. The molecule has 2 saturated carbocycles. The van der Waals surface area contributed by atoms with Crippen LogP contribution in [-0.2, 0) is 17.9 Å². The Labute approximate surface area is 193 Å². The van der Waals surface area contributed by atoms with Gasteiger partial charge in [-0.15, -0.1) is 0 Å². The molecule has 0 aliphatic heterocycles. The molecule has 0 saturated heterocycles. The van der Waals surface area contributed by atoms with Crippen LogP contribution < -0.4 is 0 Å². The van der Waals surface area contributed by atoms with Gasteiger partial charge in [0.2, 0.25) is 0 Å². The standard InChI is InChI=1S/C26H30N2O5/c1-26-11-10-20-21(23(26)8-9-25(26)30)7-4-17-13-24(29)18(12-22(17)20)14-27-33-15-16-2-5-19(6-3-16)28(31)32/h2-3,5-6,12-14,20-21,23,25,29-30H,4,7-11,15H2,1H3/b27-14+/t20-,21+,23-,25-,26-/m0/s1. The van der Waals surface area contributed by atoms with Crippen molar-refractivity contribution < 1.29 is 20.0 Å². The Morgan fingerprint density at radius 1 is 1.21 bits per heavy atom. The van der Waals surface area contributed by atoms with Crippen LogP contribution in [0.2, 0.25) is 0 Å². The number of nitro groups is 1. The zero-order chi connectivity index (χ0) is 23.2. The first-order valence-electron chi connectivity index (χ1n) is 11.8. The number of nitro benzene ring substituents is 1. The van der Waals surface area contributed by atoms with E-state index in [0.29, 0.717) is 23.3 Å². The van der Waals surface area contributed by atoms with Crippen LogP contribution in [0, 0.1) is 27.4 Å². The highest BCUT2D eigenvalue weighted by Gasteiger charge is 2.54. The number of aryl methyl sites for hydroxylation is 1. The molecule has 5 rings (SSSR count). The first-order chi connectivity index (χ1) is 15.9. The molecule has 0 unspecified atom stereocenters. The molecule has 0 radical (unpaired) electrons. The van der Waals surface area contributed by atoms with Gasteiger partial charge in [0, 0.05) is 17.7 Å². The fourth-order valence-corrected chi connectivity index (χ4v) is 6.62. The van der Waals surface area contributed by atoms with Gasteiger partial charge in [-0.1, -0.05) is 12.1 Å². The van der Waals surface area contributed by atoms with Crippen LogP contribution >= 0.6 is 0 Å². The summed E-state index contributed by atoms with van der Waals surface area (Å²) >= 11 is 0. The number of phenolic OH excluding ortho intramolecular Hbond substituents is 1. The summed E-state index contributed by atoms with van der Waals surface area (Å²) in [6, 6.07) is 10.1. The van der Waals surface area contributed by atoms with E-state index in [-0.39, 0.29) is 29.6 Å². The molecule has 7 nitrogen and oxygen atoms in total. The molecule has 0 aromatic heterocycles. The van der Waals surface area contributed by atoms with Crippen LogP contribution in [0.25, 0.3) is 0 Å². The van der Waals surface area contributed by atoms with Crippen molar-refractivity contribution in [3.05, 3.63) is 68.8 Å². The Morgan fingerprint density at radius 2 is 2.00 bits per heavy atom. The van der Waals surface area contributed by atoms with Crippen molar-refractivity contribution in [2.24, 2.45) is 22.4 Å². The maximum Gasteiger partial charge on any atom is 0.269 e. The summed E-state index contributed by atoms with van der Waals surface area (Å²) in [6.07, 6.45) is 7.57. The van der Waals surface area contributed by atoms with Gasteiger partial charge in [0.1, 0.15) is 12.4 Å². The Morgan fingerprint density at radius 3 is 2.76 bits per heavy atom. The van der Waals surface area contributed by atoms with E-state index in [2.05, 4.69) is 18.1 Å². The first-order valence-corrected chi connectivity index (χ1v) is 11.8. The molecule has 7 heteroatoms. The number of aliphatic hydroxyl groups is 1. The molecule has 0 amide bonds. The van der Waals surface area contributed by atoms with Gasteiger partial charge in [0.05, 0.1) is 17.2 Å². The molecule has 174 valence electrons. The van der Waals surface area contributed by atoms with Crippen molar-refractivity contribution in [1.82, 2.24) is 0 Å². The number of oxime groups is 1. The third kappa shape index (κ3) is 3.88. The number of benzene rings is 2. The molecule has 3 aliphatic rings. The topological polar surface area (TPSA) is 105 Å². The second-order valence-corrected chi connectivity index (χ2v) is 10.1. The summed E-state index contributed by atoms with van der Waals surface area (Å²) in [6.45, 7) is 2.46. The maximum absolute atomic E-state index is 10.8. The van der Waals surface area contributed by atoms with Crippen LogP contribution in [0.4, 0.5) is 5.69 Å². The fourth-order valence-electron chi connectivity index (χ4n) is 6.62. The van der Waals surface area contributed by atoms with E-state index in [0.717, 1.165) is 44.1 Å². The summed E-state index contributed by atoms with van der Waals surface area (Å²) in [5.74, 6) is 1.81. The van der Waals surface area contributed by atoms with E-state index in [9.17, 15) is 20.3 Å². The highest BCUT2D eigenvalue weighted by molar-refractivity contribution is 5.83. The second-order valence-electron chi connectivity index (χ2n) is 10.1. The molecule has 5 atom stereocenters. The van der Waals surface area contributed by atoms with Crippen LogP contribution in [0.3, 0.4) is 0 Å². The smallest absolute Gasteiger partial charge is 0.269 e. The lowest BCUT2D eigenvalue weighted by Gasteiger charge is -2.50. The number of hydrogen-bond donors (Lipinski definition) is 2. The maximum atomic E-state index is 10.8. The van der Waals surface area contributed by atoms with Crippen molar-refractivity contribution in [1.29, 1.82) is 0 Å². The van der Waals surface area contributed by atoms with Gasteiger partial charge in [0.15, 0.2) is 0 Å². The molecule has 2 aromatic rings. The van der Waals surface area contributed by atoms with Crippen molar-refractivity contribution in [3.63, 3.8) is 0 Å².